The van der Waals surface area contributed by atoms with E-state index in [0.29, 0.717) is 11.5 Å². The quantitative estimate of drug-likeness (QED) is 0.546. The highest BCUT2D eigenvalue weighted by molar-refractivity contribution is 5.05. The summed E-state index contributed by atoms with van der Waals surface area (Å²) in [6, 6.07) is 0.575. The molecule has 10 heavy (non-hydrogen) atoms. The highest BCUT2D eigenvalue weighted by Gasteiger charge is 2.50. The largest absolute Gasteiger partial charge is 0.327 e. The maximum atomic E-state index is 5.90. The third-order valence-corrected chi connectivity index (χ3v) is 3.35. The van der Waals surface area contributed by atoms with E-state index in [2.05, 4.69) is 0 Å². The predicted molar refractivity (Wildman–Crippen MR) is 42.7 cm³/mol. The lowest BCUT2D eigenvalue weighted by Gasteiger charge is -2.10. The van der Waals surface area contributed by atoms with E-state index in [0.717, 1.165) is 0 Å². The van der Waals surface area contributed by atoms with Crippen LogP contribution in [0.5, 0.6) is 0 Å². The van der Waals surface area contributed by atoms with E-state index in [1.54, 1.807) is 0 Å². The molecule has 2 N–H and O–H groups in total. The molecular formula is C9H17N. The average molecular weight is 139 g/mol. The van der Waals surface area contributed by atoms with Gasteiger partial charge in [0.05, 0.1) is 0 Å². The fourth-order valence-corrected chi connectivity index (χ4v) is 2.39. The van der Waals surface area contributed by atoms with E-state index in [1.807, 2.05) is 0 Å². The van der Waals surface area contributed by atoms with Gasteiger partial charge in [-0.2, -0.15) is 0 Å². The van der Waals surface area contributed by atoms with Crippen molar-refractivity contribution in [2.24, 2.45) is 11.1 Å². The number of nitrogens with two attached hydrogens (primary N) is 1. The standard InChI is InChI=1S/C9H17N/c10-8-7-9(8)5-3-1-2-4-6-9/h8H,1-7,10H2. The van der Waals surface area contributed by atoms with Crippen molar-refractivity contribution in [3.63, 3.8) is 0 Å². The van der Waals surface area contributed by atoms with Gasteiger partial charge in [0.2, 0.25) is 0 Å². The molecule has 1 spiro atoms. The summed E-state index contributed by atoms with van der Waals surface area (Å²) in [5.41, 5.74) is 6.55. The third kappa shape index (κ3) is 0.968. The molecule has 2 aliphatic carbocycles. The van der Waals surface area contributed by atoms with Crippen LogP contribution in [0.1, 0.15) is 44.9 Å². The zero-order valence-corrected chi connectivity index (χ0v) is 6.60. The first-order chi connectivity index (χ1) is 4.83. The number of rotatable bonds is 0. The topological polar surface area (TPSA) is 26.0 Å². The molecule has 0 aromatic rings. The molecule has 1 heteroatoms. The molecule has 1 nitrogen and oxygen atoms in total. The SMILES string of the molecule is NC1CC12CCCCCC2. The van der Waals surface area contributed by atoms with Crippen molar-refractivity contribution in [2.45, 2.75) is 51.0 Å². The number of hydrogen-bond acceptors (Lipinski definition) is 1. The molecule has 2 rings (SSSR count). The molecule has 2 aliphatic rings. The Bertz CT molecular complexity index is 123. The first kappa shape index (κ1) is 6.66. The Labute approximate surface area is 63.0 Å². The van der Waals surface area contributed by atoms with Gasteiger partial charge in [-0.25, -0.2) is 0 Å². The summed E-state index contributed by atoms with van der Waals surface area (Å²) in [6.45, 7) is 0. The van der Waals surface area contributed by atoms with Gasteiger partial charge in [0, 0.05) is 6.04 Å². The molecule has 2 fully saturated rings. The molecule has 0 aliphatic heterocycles. The lowest BCUT2D eigenvalue weighted by molar-refractivity contribution is 0.422. The van der Waals surface area contributed by atoms with E-state index in [9.17, 15) is 0 Å². The Hall–Kier alpha value is -0.0400. The van der Waals surface area contributed by atoms with Crippen molar-refractivity contribution in [3.05, 3.63) is 0 Å². The Balaban J connectivity index is 1.95. The number of hydrogen-bond donors (Lipinski definition) is 1. The van der Waals surface area contributed by atoms with Gasteiger partial charge >= 0.3 is 0 Å². The third-order valence-electron chi connectivity index (χ3n) is 3.35. The van der Waals surface area contributed by atoms with Crippen LogP contribution in [-0.4, -0.2) is 6.04 Å². The second-order valence-corrected chi connectivity index (χ2v) is 4.09. The summed E-state index contributed by atoms with van der Waals surface area (Å²) in [4.78, 5) is 0. The van der Waals surface area contributed by atoms with Gasteiger partial charge in [-0.3, -0.25) is 0 Å². The van der Waals surface area contributed by atoms with Crippen LogP contribution < -0.4 is 5.73 Å². The molecule has 1 atom stereocenters. The summed E-state index contributed by atoms with van der Waals surface area (Å²) >= 11 is 0. The van der Waals surface area contributed by atoms with E-state index in [4.69, 9.17) is 5.73 Å². The van der Waals surface area contributed by atoms with Crippen molar-refractivity contribution >= 4 is 0 Å². The van der Waals surface area contributed by atoms with E-state index in [1.165, 1.54) is 44.9 Å². The monoisotopic (exact) mass is 139 g/mol. The van der Waals surface area contributed by atoms with Gasteiger partial charge in [-0.05, 0) is 24.7 Å². The van der Waals surface area contributed by atoms with E-state index in [-0.39, 0.29) is 0 Å². The van der Waals surface area contributed by atoms with Gasteiger partial charge in [-0.1, -0.05) is 25.7 Å². The summed E-state index contributed by atoms with van der Waals surface area (Å²) in [6.07, 6.45) is 9.96. The van der Waals surface area contributed by atoms with Gasteiger partial charge in [0.15, 0.2) is 0 Å². The minimum absolute atomic E-state index is 0.575. The minimum Gasteiger partial charge on any atom is -0.327 e. The Morgan fingerprint density at radius 3 is 1.90 bits per heavy atom. The molecule has 0 radical (unpaired) electrons. The first-order valence-corrected chi connectivity index (χ1v) is 4.59. The predicted octanol–water partition coefficient (Wildman–Crippen LogP) is 2.06. The molecule has 1 unspecified atom stereocenters. The molecule has 0 amide bonds. The van der Waals surface area contributed by atoms with Crippen LogP contribution in [0.4, 0.5) is 0 Å². The molecule has 0 aromatic carbocycles. The van der Waals surface area contributed by atoms with Crippen LogP contribution in [-0.2, 0) is 0 Å². The smallest absolute Gasteiger partial charge is 0.0102 e. The van der Waals surface area contributed by atoms with Crippen LogP contribution >= 0.6 is 0 Å². The molecule has 0 saturated heterocycles. The van der Waals surface area contributed by atoms with Crippen LogP contribution in [0, 0.1) is 5.41 Å². The van der Waals surface area contributed by atoms with E-state index >= 15 is 0 Å². The highest BCUT2D eigenvalue weighted by Crippen LogP contribution is 2.53. The van der Waals surface area contributed by atoms with Gasteiger partial charge in [-0.15, -0.1) is 0 Å². The summed E-state index contributed by atoms with van der Waals surface area (Å²) in [7, 11) is 0. The Morgan fingerprint density at radius 1 is 1.00 bits per heavy atom. The molecule has 2 saturated carbocycles. The molecule has 0 bridgehead atoms. The van der Waals surface area contributed by atoms with Gasteiger partial charge in [0.1, 0.15) is 0 Å². The zero-order chi connectivity index (χ0) is 7.03. The van der Waals surface area contributed by atoms with Crippen LogP contribution in [0.2, 0.25) is 0 Å². The molecule has 58 valence electrons. The van der Waals surface area contributed by atoms with Crippen molar-refractivity contribution < 1.29 is 0 Å². The normalized spacial score (nSPS) is 37.5. The van der Waals surface area contributed by atoms with Gasteiger partial charge < -0.3 is 5.73 Å². The van der Waals surface area contributed by atoms with Crippen molar-refractivity contribution in [1.29, 1.82) is 0 Å². The van der Waals surface area contributed by atoms with Crippen molar-refractivity contribution in [1.82, 2.24) is 0 Å². The lowest BCUT2D eigenvalue weighted by Crippen LogP contribution is -2.12. The molecular weight excluding hydrogens is 122 g/mol. The second kappa shape index (κ2) is 2.23. The van der Waals surface area contributed by atoms with Crippen molar-refractivity contribution in [3.8, 4) is 0 Å². The highest BCUT2D eigenvalue weighted by atomic mass is 14.8. The maximum absolute atomic E-state index is 5.90. The fraction of sp³-hybridized carbons (Fsp3) is 1.00. The summed E-state index contributed by atoms with van der Waals surface area (Å²) in [5, 5.41) is 0. The first-order valence-electron chi connectivity index (χ1n) is 4.59. The average Bonchev–Trinajstić information content (AvgIpc) is 2.60. The van der Waals surface area contributed by atoms with Crippen LogP contribution in [0.3, 0.4) is 0 Å². The fourth-order valence-electron chi connectivity index (χ4n) is 2.39. The molecule has 0 aromatic heterocycles. The Morgan fingerprint density at radius 2 is 1.50 bits per heavy atom. The second-order valence-electron chi connectivity index (χ2n) is 4.09. The lowest BCUT2D eigenvalue weighted by atomic mass is 9.96. The maximum Gasteiger partial charge on any atom is 0.0102 e. The minimum atomic E-state index is 0.575. The van der Waals surface area contributed by atoms with Gasteiger partial charge in [0.25, 0.3) is 0 Å². The Kier molecular flexibility index (Phi) is 1.48. The summed E-state index contributed by atoms with van der Waals surface area (Å²) < 4.78 is 0. The van der Waals surface area contributed by atoms with Crippen LogP contribution in [0.15, 0.2) is 0 Å². The van der Waals surface area contributed by atoms with E-state index < -0.39 is 0 Å². The molecule has 0 heterocycles. The van der Waals surface area contributed by atoms with Crippen molar-refractivity contribution in [2.75, 3.05) is 0 Å². The van der Waals surface area contributed by atoms with Crippen LogP contribution in [0.25, 0.3) is 0 Å². The summed E-state index contributed by atoms with van der Waals surface area (Å²) in [5.74, 6) is 0. The zero-order valence-electron chi connectivity index (χ0n) is 6.60.